The molecule has 1 aliphatic heterocycles. The molecule has 1 N–H and O–H groups in total. The third-order valence-electron chi connectivity index (χ3n) is 2.66. The predicted octanol–water partition coefficient (Wildman–Crippen LogP) is 2.52. The van der Waals surface area contributed by atoms with Crippen molar-refractivity contribution in [3.05, 3.63) is 0 Å². The van der Waals surface area contributed by atoms with Crippen LogP contribution in [0.2, 0.25) is 0 Å². The average Bonchev–Trinajstić information content (AvgIpc) is 2.51. The Morgan fingerprint density at radius 1 is 1.42 bits per heavy atom. The van der Waals surface area contributed by atoms with Crippen LogP contribution < -0.4 is 5.32 Å². The second-order valence-electron chi connectivity index (χ2n) is 4.08. The summed E-state index contributed by atoms with van der Waals surface area (Å²) in [5.74, 6) is 2.12. The van der Waals surface area contributed by atoms with Crippen LogP contribution in [0.4, 0.5) is 0 Å². The zero-order chi connectivity index (χ0) is 8.97. The molecule has 1 saturated heterocycles. The van der Waals surface area contributed by atoms with E-state index in [0.717, 1.165) is 17.2 Å². The van der Waals surface area contributed by atoms with Crippen LogP contribution in [-0.4, -0.2) is 23.6 Å². The minimum atomic E-state index is 0.802. The second kappa shape index (κ2) is 5.13. The van der Waals surface area contributed by atoms with Crippen molar-refractivity contribution in [3.8, 4) is 0 Å². The Morgan fingerprint density at radius 3 is 2.67 bits per heavy atom. The smallest absolute Gasteiger partial charge is 0.0158 e. The van der Waals surface area contributed by atoms with E-state index in [1.54, 1.807) is 0 Å². The Balaban J connectivity index is 2.07. The van der Waals surface area contributed by atoms with E-state index >= 15 is 0 Å². The van der Waals surface area contributed by atoms with E-state index in [2.05, 4.69) is 37.8 Å². The van der Waals surface area contributed by atoms with Crippen molar-refractivity contribution in [2.24, 2.45) is 5.92 Å². The molecule has 72 valence electrons. The molecule has 1 fully saturated rings. The van der Waals surface area contributed by atoms with Crippen LogP contribution in [-0.2, 0) is 0 Å². The van der Waals surface area contributed by atoms with E-state index in [0.29, 0.717) is 0 Å². The summed E-state index contributed by atoms with van der Waals surface area (Å²) in [4.78, 5) is 0. The van der Waals surface area contributed by atoms with E-state index in [1.807, 2.05) is 0 Å². The lowest BCUT2D eigenvalue weighted by Crippen LogP contribution is -2.25. The van der Waals surface area contributed by atoms with Gasteiger partial charge in [0.2, 0.25) is 0 Å². The Kier molecular flexibility index (Phi) is 4.44. The van der Waals surface area contributed by atoms with Crippen LogP contribution in [0, 0.1) is 5.92 Å². The molecule has 2 heteroatoms. The van der Waals surface area contributed by atoms with E-state index in [4.69, 9.17) is 0 Å². The molecule has 0 aromatic heterocycles. The maximum Gasteiger partial charge on any atom is 0.0158 e. The third kappa shape index (κ3) is 3.36. The van der Waals surface area contributed by atoms with Crippen molar-refractivity contribution >= 4 is 11.8 Å². The summed E-state index contributed by atoms with van der Waals surface area (Å²) < 4.78 is 0. The van der Waals surface area contributed by atoms with Crippen molar-refractivity contribution in [2.45, 2.75) is 44.9 Å². The Morgan fingerprint density at radius 2 is 2.17 bits per heavy atom. The van der Waals surface area contributed by atoms with Gasteiger partial charge in [0.15, 0.2) is 0 Å². The highest BCUT2D eigenvalue weighted by Crippen LogP contribution is 2.21. The van der Waals surface area contributed by atoms with E-state index in [-0.39, 0.29) is 0 Å². The molecule has 0 aliphatic carbocycles. The fraction of sp³-hybridized carbons (Fsp3) is 1.00. The number of thioether (sulfide) groups is 1. The summed E-state index contributed by atoms with van der Waals surface area (Å²) in [5, 5.41) is 4.34. The molecule has 12 heavy (non-hydrogen) atoms. The number of nitrogens with one attached hydrogen (secondary N) is 1. The van der Waals surface area contributed by atoms with Gasteiger partial charge in [0.25, 0.3) is 0 Å². The Labute approximate surface area is 80.7 Å². The number of hydrogen-bond acceptors (Lipinski definition) is 2. The molecule has 1 nitrogen and oxygen atoms in total. The molecule has 0 saturated carbocycles. The molecular formula is C10H21NS. The minimum absolute atomic E-state index is 0.802. The van der Waals surface area contributed by atoms with Crippen LogP contribution in [0.3, 0.4) is 0 Å². The normalized spacial score (nSPS) is 26.5. The highest BCUT2D eigenvalue weighted by Gasteiger charge is 2.16. The highest BCUT2D eigenvalue weighted by molar-refractivity contribution is 7.99. The molecule has 2 atom stereocenters. The molecule has 0 radical (unpaired) electrons. The second-order valence-corrected chi connectivity index (χ2v) is 5.49. The van der Waals surface area contributed by atoms with Crippen molar-refractivity contribution in [1.82, 2.24) is 5.32 Å². The zero-order valence-corrected chi connectivity index (χ0v) is 9.29. The molecule has 1 heterocycles. The van der Waals surface area contributed by atoms with Gasteiger partial charge in [-0.25, -0.2) is 0 Å². The largest absolute Gasteiger partial charge is 0.313 e. The fourth-order valence-electron chi connectivity index (χ4n) is 1.36. The minimum Gasteiger partial charge on any atom is -0.313 e. The van der Waals surface area contributed by atoms with E-state index in [1.165, 1.54) is 25.1 Å². The lowest BCUT2D eigenvalue weighted by atomic mass is 10.2. The molecule has 0 aromatic carbocycles. The quantitative estimate of drug-likeness (QED) is 0.726. The maximum atomic E-state index is 3.53. The van der Waals surface area contributed by atoms with Crippen molar-refractivity contribution in [1.29, 1.82) is 0 Å². The van der Waals surface area contributed by atoms with Crippen LogP contribution in [0.25, 0.3) is 0 Å². The summed E-state index contributed by atoms with van der Waals surface area (Å²) in [7, 11) is 0. The highest BCUT2D eigenvalue weighted by atomic mass is 32.2. The van der Waals surface area contributed by atoms with Crippen LogP contribution in [0.5, 0.6) is 0 Å². The Bertz CT molecular complexity index is 117. The topological polar surface area (TPSA) is 12.0 Å². The van der Waals surface area contributed by atoms with Crippen LogP contribution in [0.1, 0.15) is 33.6 Å². The van der Waals surface area contributed by atoms with Gasteiger partial charge in [-0.3, -0.25) is 0 Å². The van der Waals surface area contributed by atoms with Gasteiger partial charge in [-0.05, 0) is 25.3 Å². The SMILES string of the molecule is CC(C)C(C)SCC1CCCN1. The van der Waals surface area contributed by atoms with Crippen molar-refractivity contribution in [3.63, 3.8) is 0 Å². The van der Waals surface area contributed by atoms with E-state index < -0.39 is 0 Å². The molecule has 1 rings (SSSR count). The molecule has 0 amide bonds. The van der Waals surface area contributed by atoms with Crippen molar-refractivity contribution < 1.29 is 0 Å². The standard InChI is InChI=1S/C10H21NS/c1-8(2)9(3)12-7-10-5-4-6-11-10/h8-11H,4-7H2,1-3H3. The summed E-state index contributed by atoms with van der Waals surface area (Å²) in [6.07, 6.45) is 2.76. The summed E-state index contributed by atoms with van der Waals surface area (Å²) in [5.41, 5.74) is 0. The first kappa shape index (κ1) is 10.4. The van der Waals surface area contributed by atoms with Gasteiger partial charge in [-0.15, -0.1) is 0 Å². The van der Waals surface area contributed by atoms with Gasteiger partial charge in [0.1, 0.15) is 0 Å². The first-order valence-corrected chi connectivity index (χ1v) is 6.10. The summed E-state index contributed by atoms with van der Waals surface area (Å²) in [6.45, 7) is 8.19. The predicted molar refractivity (Wildman–Crippen MR) is 57.8 cm³/mol. The zero-order valence-electron chi connectivity index (χ0n) is 8.47. The van der Waals surface area contributed by atoms with Crippen molar-refractivity contribution in [2.75, 3.05) is 12.3 Å². The molecular weight excluding hydrogens is 166 g/mol. The van der Waals surface area contributed by atoms with Gasteiger partial charge in [-0.2, -0.15) is 11.8 Å². The molecule has 0 spiro atoms. The van der Waals surface area contributed by atoms with Gasteiger partial charge in [0.05, 0.1) is 0 Å². The van der Waals surface area contributed by atoms with E-state index in [9.17, 15) is 0 Å². The lowest BCUT2D eigenvalue weighted by Gasteiger charge is -2.17. The lowest BCUT2D eigenvalue weighted by molar-refractivity contribution is 0.632. The summed E-state index contributed by atoms with van der Waals surface area (Å²) >= 11 is 2.12. The average molecular weight is 187 g/mol. The fourth-order valence-corrected chi connectivity index (χ4v) is 2.56. The van der Waals surface area contributed by atoms with Crippen LogP contribution in [0.15, 0.2) is 0 Å². The van der Waals surface area contributed by atoms with Gasteiger partial charge in [0, 0.05) is 17.0 Å². The number of rotatable bonds is 4. The van der Waals surface area contributed by atoms with Gasteiger partial charge in [-0.1, -0.05) is 20.8 Å². The van der Waals surface area contributed by atoms with Gasteiger partial charge < -0.3 is 5.32 Å². The molecule has 1 aliphatic rings. The first-order chi connectivity index (χ1) is 5.70. The first-order valence-electron chi connectivity index (χ1n) is 5.05. The van der Waals surface area contributed by atoms with Gasteiger partial charge >= 0.3 is 0 Å². The third-order valence-corrected chi connectivity index (χ3v) is 4.33. The molecule has 2 unspecified atom stereocenters. The molecule has 0 bridgehead atoms. The molecule has 0 aromatic rings. The Hall–Kier alpha value is 0.310. The maximum absolute atomic E-state index is 3.53. The van der Waals surface area contributed by atoms with Crippen LogP contribution >= 0.6 is 11.8 Å². The summed E-state index contributed by atoms with van der Waals surface area (Å²) in [6, 6.07) is 0.802. The number of hydrogen-bond donors (Lipinski definition) is 1. The monoisotopic (exact) mass is 187 g/mol.